The first-order valence-corrected chi connectivity index (χ1v) is 5.69. The zero-order valence-corrected chi connectivity index (χ0v) is 11.9. The lowest BCUT2D eigenvalue weighted by Gasteiger charge is -2.14. The highest BCUT2D eigenvalue weighted by Crippen LogP contribution is 2.39. The number of guanidine groups is 2. The molecule has 0 aliphatic heterocycles. The maximum absolute atomic E-state index is 5.70. The van der Waals surface area contributed by atoms with E-state index in [9.17, 15) is 0 Å². The Morgan fingerprint density at radius 2 is 1.60 bits per heavy atom. The lowest BCUT2D eigenvalue weighted by atomic mass is 10.2. The molecule has 0 bridgehead atoms. The average Bonchev–Trinajstić information content (AvgIpc) is 2.45. The minimum atomic E-state index is 0.0717. The van der Waals surface area contributed by atoms with E-state index < -0.39 is 0 Å². The number of nitrogens with one attached hydrogen (secondary N) is 1. The van der Waals surface area contributed by atoms with Crippen molar-refractivity contribution in [1.29, 1.82) is 0 Å². The van der Waals surface area contributed by atoms with E-state index in [2.05, 4.69) is 15.3 Å². The van der Waals surface area contributed by atoms with Crippen LogP contribution in [-0.4, -0.2) is 40.3 Å². The van der Waals surface area contributed by atoms with Gasteiger partial charge >= 0.3 is 0 Å². The highest BCUT2D eigenvalue weighted by molar-refractivity contribution is 6.00. The summed E-state index contributed by atoms with van der Waals surface area (Å²) in [4.78, 5) is 7.52. The summed E-state index contributed by atoms with van der Waals surface area (Å²) < 4.78 is 15.7. The Balaban J connectivity index is 3.11. The van der Waals surface area contributed by atoms with Crippen LogP contribution in [0.4, 0.5) is 5.69 Å². The summed E-state index contributed by atoms with van der Waals surface area (Å²) >= 11 is 0. The number of benzene rings is 1. The Bertz CT molecular complexity index is 503. The van der Waals surface area contributed by atoms with Crippen molar-refractivity contribution < 1.29 is 14.2 Å². The molecule has 5 N–H and O–H groups in total. The molecule has 20 heavy (non-hydrogen) atoms. The van der Waals surface area contributed by atoms with Crippen LogP contribution in [0.1, 0.15) is 0 Å². The number of anilines is 1. The van der Waals surface area contributed by atoms with Gasteiger partial charge in [-0.25, -0.2) is 0 Å². The normalized spacial score (nSPS) is 12.0. The van der Waals surface area contributed by atoms with Crippen LogP contribution in [0.15, 0.2) is 22.1 Å². The number of nitrogens with two attached hydrogens (primary N) is 2. The van der Waals surface area contributed by atoms with Crippen molar-refractivity contribution in [2.45, 2.75) is 0 Å². The molecule has 0 aliphatic carbocycles. The number of hydrogen-bond acceptors (Lipinski definition) is 4. The fourth-order valence-electron chi connectivity index (χ4n) is 1.50. The largest absolute Gasteiger partial charge is 0.493 e. The van der Waals surface area contributed by atoms with E-state index in [-0.39, 0.29) is 11.9 Å². The Hall–Kier alpha value is -2.64. The number of rotatable bonds is 4. The summed E-state index contributed by atoms with van der Waals surface area (Å²) in [5.74, 6) is 1.66. The number of hydrogen-bond donors (Lipinski definition) is 3. The van der Waals surface area contributed by atoms with Crippen molar-refractivity contribution >= 4 is 17.6 Å². The molecule has 1 aromatic carbocycles. The summed E-state index contributed by atoms with van der Waals surface area (Å²) in [6, 6.07) is 3.39. The Morgan fingerprint density at radius 3 is 2.00 bits per heavy atom. The van der Waals surface area contributed by atoms with Gasteiger partial charge in [0.1, 0.15) is 0 Å². The van der Waals surface area contributed by atoms with Crippen LogP contribution in [0.25, 0.3) is 0 Å². The fourth-order valence-corrected chi connectivity index (χ4v) is 1.50. The van der Waals surface area contributed by atoms with Crippen molar-refractivity contribution in [3.8, 4) is 17.2 Å². The molecule has 0 fully saturated rings. The van der Waals surface area contributed by atoms with Crippen LogP contribution < -0.4 is 31.0 Å². The van der Waals surface area contributed by atoms with Gasteiger partial charge in [0, 0.05) is 24.9 Å². The van der Waals surface area contributed by atoms with Crippen LogP contribution in [0, 0.1) is 0 Å². The van der Waals surface area contributed by atoms with Crippen LogP contribution in [0.3, 0.4) is 0 Å². The molecule has 0 aliphatic rings. The molecule has 1 aromatic rings. The average molecular weight is 281 g/mol. The molecule has 0 unspecified atom stereocenters. The number of methoxy groups -OCH3 is 3. The van der Waals surface area contributed by atoms with Gasteiger partial charge in [-0.3, -0.25) is 4.99 Å². The molecule has 110 valence electrons. The molecule has 0 heterocycles. The highest BCUT2D eigenvalue weighted by atomic mass is 16.5. The van der Waals surface area contributed by atoms with Crippen molar-refractivity contribution in [3.05, 3.63) is 12.1 Å². The lowest BCUT2D eigenvalue weighted by molar-refractivity contribution is 0.324. The molecule has 8 heteroatoms. The van der Waals surface area contributed by atoms with E-state index in [0.29, 0.717) is 22.9 Å². The molecular weight excluding hydrogens is 262 g/mol. The maximum Gasteiger partial charge on any atom is 0.218 e. The molecule has 0 saturated carbocycles. The summed E-state index contributed by atoms with van der Waals surface area (Å²) in [7, 11) is 6.10. The summed E-state index contributed by atoms with van der Waals surface area (Å²) in [6.45, 7) is 0. The maximum atomic E-state index is 5.70. The van der Waals surface area contributed by atoms with Gasteiger partial charge in [0.05, 0.1) is 21.3 Å². The third-order valence-electron chi connectivity index (χ3n) is 2.40. The van der Waals surface area contributed by atoms with E-state index in [4.69, 9.17) is 25.7 Å². The third kappa shape index (κ3) is 3.67. The number of nitrogens with zero attached hydrogens (tertiary/aromatic N) is 2. The molecule has 0 saturated heterocycles. The zero-order chi connectivity index (χ0) is 15.1. The van der Waals surface area contributed by atoms with E-state index in [1.807, 2.05) is 0 Å². The first-order chi connectivity index (χ1) is 9.55. The van der Waals surface area contributed by atoms with Gasteiger partial charge < -0.3 is 31.0 Å². The fraction of sp³-hybridized carbons (Fsp3) is 0.333. The summed E-state index contributed by atoms with van der Waals surface area (Å²) in [5, 5.41) is 2.86. The van der Waals surface area contributed by atoms with Gasteiger partial charge in [-0.1, -0.05) is 0 Å². The monoisotopic (exact) mass is 281 g/mol. The molecule has 1 rings (SSSR count). The topological polar surface area (TPSA) is 116 Å². The Labute approximate surface area is 117 Å². The van der Waals surface area contributed by atoms with Crippen LogP contribution in [0.2, 0.25) is 0 Å². The Kier molecular flexibility index (Phi) is 5.45. The molecule has 0 radical (unpaired) electrons. The van der Waals surface area contributed by atoms with Crippen molar-refractivity contribution in [3.63, 3.8) is 0 Å². The van der Waals surface area contributed by atoms with Gasteiger partial charge in [-0.15, -0.1) is 0 Å². The highest BCUT2D eigenvalue weighted by Gasteiger charge is 2.13. The summed E-state index contributed by atoms with van der Waals surface area (Å²) in [6.07, 6.45) is 0. The first-order valence-electron chi connectivity index (χ1n) is 5.69. The third-order valence-corrected chi connectivity index (χ3v) is 2.40. The van der Waals surface area contributed by atoms with Crippen LogP contribution in [-0.2, 0) is 0 Å². The van der Waals surface area contributed by atoms with Crippen molar-refractivity contribution in [1.82, 2.24) is 0 Å². The van der Waals surface area contributed by atoms with Crippen molar-refractivity contribution in [2.75, 3.05) is 33.7 Å². The Morgan fingerprint density at radius 1 is 1.05 bits per heavy atom. The van der Waals surface area contributed by atoms with Crippen LogP contribution in [0.5, 0.6) is 17.2 Å². The predicted molar refractivity (Wildman–Crippen MR) is 78.9 cm³/mol. The summed E-state index contributed by atoms with van der Waals surface area (Å²) in [5.41, 5.74) is 11.8. The van der Waals surface area contributed by atoms with E-state index in [1.165, 1.54) is 28.4 Å². The van der Waals surface area contributed by atoms with Gasteiger partial charge in [0.25, 0.3) is 0 Å². The van der Waals surface area contributed by atoms with Gasteiger partial charge in [-0.2, -0.15) is 4.99 Å². The molecule has 0 aromatic heterocycles. The quantitative estimate of drug-likeness (QED) is 0.543. The number of aliphatic imine (C=N–C) groups is 2. The smallest absolute Gasteiger partial charge is 0.218 e. The van der Waals surface area contributed by atoms with E-state index >= 15 is 0 Å². The van der Waals surface area contributed by atoms with E-state index in [1.54, 1.807) is 12.1 Å². The van der Waals surface area contributed by atoms with Crippen molar-refractivity contribution in [2.24, 2.45) is 21.5 Å². The second-order valence-electron chi connectivity index (χ2n) is 3.62. The second kappa shape index (κ2) is 7.07. The number of ether oxygens (including phenoxy) is 3. The first kappa shape index (κ1) is 15.4. The second-order valence-corrected chi connectivity index (χ2v) is 3.62. The predicted octanol–water partition coefficient (Wildman–Crippen LogP) is 0.384. The van der Waals surface area contributed by atoms with Crippen LogP contribution >= 0.6 is 0 Å². The molecule has 0 amide bonds. The minimum absolute atomic E-state index is 0.0717. The SMILES string of the molecule is CN=C(N)N=C(N)Nc1cc(OC)c(OC)c(OC)c1. The van der Waals surface area contributed by atoms with Gasteiger partial charge in [0.2, 0.25) is 17.7 Å². The molecule has 8 nitrogen and oxygen atoms in total. The van der Waals surface area contributed by atoms with E-state index in [0.717, 1.165) is 0 Å². The molecule has 0 spiro atoms. The lowest BCUT2D eigenvalue weighted by Crippen LogP contribution is -2.26. The molecule has 0 atom stereocenters. The standard InChI is InChI=1S/C12H19N5O3/c1-15-11(13)17-12(14)16-7-5-8(18-2)10(20-4)9(6-7)19-3/h5-6H,1-4H3,(H5,13,14,15,16,17). The van der Waals surface area contributed by atoms with Gasteiger partial charge in [-0.05, 0) is 0 Å². The zero-order valence-electron chi connectivity index (χ0n) is 11.9. The molecular formula is C12H19N5O3. The minimum Gasteiger partial charge on any atom is -0.493 e. The van der Waals surface area contributed by atoms with Gasteiger partial charge in [0.15, 0.2) is 11.5 Å².